The Hall–Kier alpha value is -1.47. The first-order valence-electron chi connectivity index (χ1n) is 4.85. The third-order valence-corrected chi connectivity index (χ3v) is 2.87. The van der Waals surface area contributed by atoms with Crippen LogP contribution in [0.25, 0.3) is 11.1 Å². The summed E-state index contributed by atoms with van der Waals surface area (Å²) in [6.45, 7) is 0.628. The molecule has 1 aliphatic heterocycles. The standard InChI is InChI=1S/C13H9ClO/c14-10-5-6-12-11-4-2-1-3-9(11)8-15-13(12)7-10/h1-7H,8H2. The van der Waals surface area contributed by atoms with Gasteiger partial charge in [0.25, 0.3) is 0 Å². The van der Waals surface area contributed by atoms with Gasteiger partial charge in [0.1, 0.15) is 12.4 Å². The molecule has 15 heavy (non-hydrogen) atoms. The summed E-state index contributed by atoms with van der Waals surface area (Å²) in [6, 6.07) is 14.1. The summed E-state index contributed by atoms with van der Waals surface area (Å²) in [5, 5.41) is 0.716. The number of rotatable bonds is 0. The minimum Gasteiger partial charge on any atom is -0.488 e. The number of hydrogen-bond acceptors (Lipinski definition) is 1. The van der Waals surface area contributed by atoms with Crippen molar-refractivity contribution < 1.29 is 4.74 Å². The molecule has 3 rings (SSSR count). The molecular weight excluding hydrogens is 208 g/mol. The molecular formula is C13H9ClO. The highest BCUT2D eigenvalue weighted by Gasteiger charge is 2.16. The zero-order valence-corrected chi connectivity index (χ0v) is 8.79. The summed E-state index contributed by atoms with van der Waals surface area (Å²) in [6.07, 6.45) is 0. The van der Waals surface area contributed by atoms with Gasteiger partial charge in [0.15, 0.2) is 0 Å². The lowest BCUT2D eigenvalue weighted by Crippen LogP contribution is -2.04. The predicted octanol–water partition coefficient (Wildman–Crippen LogP) is 3.90. The van der Waals surface area contributed by atoms with Crippen molar-refractivity contribution in [3.63, 3.8) is 0 Å². The van der Waals surface area contributed by atoms with Crippen molar-refractivity contribution in [1.82, 2.24) is 0 Å². The SMILES string of the molecule is Clc1ccc2c(c1)OCc1ccccc1-2. The molecule has 2 aromatic carbocycles. The molecule has 2 heteroatoms. The fourth-order valence-corrected chi connectivity index (χ4v) is 2.06. The molecule has 0 N–H and O–H groups in total. The van der Waals surface area contributed by atoms with Crippen molar-refractivity contribution in [2.24, 2.45) is 0 Å². The molecule has 0 atom stereocenters. The highest BCUT2D eigenvalue weighted by atomic mass is 35.5. The van der Waals surface area contributed by atoms with Crippen molar-refractivity contribution in [1.29, 1.82) is 0 Å². The molecule has 0 radical (unpaired) electrons. The first-order chi connectivity index (χ1) is 7.34. The van der Waals surface area contributed by atoms with Crippen molar-refractivity contribution in [3.05, 3.63) is 53.1 Å². The molecule has 0 fully saturated rings. The van der Waals surface area contributed by atoms with Gasteiger partial charge in [-0.25, -0.2) is 0 Å². The minimum absolute atomic E-state index is 0.628. The second kappa shape index (κ2) is 3.28. The lowest BCUT2D eigenvalue weighted by atomic mass is 9.97. The van der Waals surface area contributed by atoms with E-state index in [2.05, 4.69) is 12.1 Å². The van der Waals surface area contributed by atoms with E-state index in [0.29, 0.717) is 11.6 Å². The second-order valence-corrected chi connectivity index (χ2v) is 4.02. The van der Waals surface area contributed by atoms with Crippen LogP contribution in [-0.4, -0.2) is 0 Å². The molecule has 0 unspecified atom stereocenters. The summed E-state index contributed by atoms with van der Waals surface area (Å²) in [4.78, 5) is 0. The monoisotopic (exact) mass is 216 g/mol. The van der Waals surface area contributed by atoms with Gasteiger partial charge in [-0.1, -0.05) is 35.9 Å². The van der Waals surface area contributed by atoms with Gasteiger partial charge in [-0.2, -0.15) is 0 Å². The van der Waals surface area contributed by atoms with Crippen molar-refractivity contribution in [3.8, 4) is 16.9 Å². The van der Waals surface area contributed by atoms with Gasteiger partial charge in [-0.05, 0) is 29.3 Å². The average Bonchev–Trinajstić information content (AvgIpc) is 2.28. The summed E-state index contributed by atoms with van der Waals surface area (Å²) in [5.41, 5.74) is 3.60. The maximum atomic E-state index is 5.92. The van der Waals surface area contributed by atoms with Crippen molar-refractivity contribution >= 4 is 11.6 Å². The van der Waals surface area contributed by atoms with Gasteiger partial charge in [0.2, 0.25) is 0 Å². The molecule has 0 spiro atoms. The predicted molar refractivity (Wildman–Crippen MR) is 61.2 cm³/mol. The van der Waals surface area contributed by atoms with Gasteiger partial charge in [-0.3, -0.25) is 0 Å². The Bertz CT molecular complexity index is 520. The van der Waals surface area contributed by atoms with E-state index in [4.69, 9.17) is 16.3 Å². The van der Waals surface area contributed by atoms with E-state index in [0.717, 1.165) is 11.3 Å². The fourth-order valence-electron chi connectivity index (χ4n) is 1.90. The Kier molecular flexibility index (Phi) is 1.93. The maximum Gasteiger partial charge on any atom is 0.129 e. The number of halogens is 1. The largest absolute Gasteiger partial charge is 0.488 e. The minimum atomic E-state index is 0.628. The molecule has 74 valence electrons. The highest BCUT2D eigenvalue weighted by Crippen LogP contribution is 2.38. The van der Waals surface area contributed by atoms with Crippen LogP contribution in [-0.2, 0) is 6.61 Å². The quantitative estimate of drug-likeness (QED) is 0.649. The third-order valence-electron chi connectivity index (χ3n) is 2.63. The van der Waals surface area contributed by atoms with Crippen LogP contribution in [0.3, 0.4) is 0 Å². The maximum absolute atomic E-state index is 5.92. The van der Waals surface area contributed by atoms with Crippen LogP contribution < -0.4 is 4.74 Å². The highest BCUT2D eigenvalue weighted by molar-refractivity contribution is 6.30. The fraction of sp³-hybridized carbons (Fsp3) is 0.0769. The molecule has 1 heterocycles. The summed E-state index contributed by atoms with van der Waals surface area (Å²) in [5.74, 6) is 0.876. The molecule has 0 aliphatic carbocycles. The van der Waals surface area contributed by atoms with Crippen molar-refractivity contribution in [2.45, 2.75) is 6.61 Å². The topological polar surface area (TPSA) is 9.23 Å². The summed E-state index contributed by atoms with van der Waals surface area (Å²) < 4.78 is 5.65. The van der Waals surface area contributed by atoms with E-state index >= 15 is 0 Å². The first-order valence-corrected chi connectivity index (χ1v) is 5.23. The molecule has 1 nitrogen and oxygen atoms in total. The summed E-state index contributed by atoms with van der Waals surface area (Å²) in [7, 11) is 0. The Labute approximate surface area is 93.3 Å². The number of ether oxygens (including phenoxy) is 1. The smallest absolute Gasteiger partial charge is 0.129 e. The number of benzene rings is 2. The van der Waals surface area contributed by atoms with Gasteiger partial charge < -0.3 is 4.74 Å². The van der Waals surface area contributed by atoms with E-state index < -0.39 is 0 Å². The lowest BCUT2D eigenvalue weighted by Gasteiger charge is -2.20. The molecule has 0 aromatic heterocycles. The van der Waals surface area contributed by atoms with E-state index in [1.165, 1.54) is 11.1 Å². The van der Waals surface area contributed by atoms with E-state index in [1.54, 1.807) is 0 Å². The van der Waals surface area contributed by atoms with E-state index in [-0.39, 0.29) is 0 Å². The van der Waals surface area contributed by atoms with Crippen LogP contribution in [0, 0.1) is 0 Å². The molecule has 2 aromatic rings. The van der Waals surface area contributed by atoms with E-state index in [1.807, 2.05) is 30.3 Å². The third kappa shape index (κ3) is 1.40. The molecule has 1 aliphatic rings. The van der Waals surface area contributed by atoms with Gasteiger partial charge in [-0.15, -0.1) is 0 Å². The Balaban J connectivity index is 2.26. The number of hydrogen-bond donors (Lipinski definition) is 0. The molecule has 0 amide bonds. The van der Waals surface area contributed by atoms with Gasteiger partial charge >= 0.3 is 0 Å². The Morgan fingerprint density at radius 2 is 1.87 bits per heavy atom. The van der Waals surface area contributed by atoms with Crippen LogP contribution >= 0.6 is 11.6 Å². The van der Waals surface area contributed by atoms with Crippen LogP contribution in [0.15, 0.2) is 42.5 Å². The average molecular weight is 217 g/mol. The van der Waals surface area contributed by atoms with Crippen LogP contribution in [0.2, 0.25) is 5.02 Å². The Morgan fingerprint density at radius 3 is 2.80 bits per heavy atom. The zero-order valence-electron chi connectivity index (χ0n) is 8.03. The molecule has 0 saturated heterocycles. The van der Waals surface area contributed by atoms with Crippen LogP contribution in [0.4, 0.5) is 0 Å². The van der Waals surface area contributed by atoms with Gasteiger partial charge in [0.05, 0.1) is 0 Å². The first kappa shape index (κ1) is 8.81. The van der Waals surface area contributed by atoms with Gasteiger partial charge in [0, 0.05) is 10.6 Å². The lowest BCUT2D eigenvalue weighted by molar-refractivity contribution is 0.302. The Morgan fingerprint density at radius 1 is 1.00 bits per heavy atom. The van der Waals surface area contributed by atoms with Crippen LogP contribution in [0.1, 0.15) is 5.56 Å². The molecule has 0 bridgehead atoms. The second-order valence-electron chi connectivity index (χ2n) is 3.59. The van der Waals surface area contributed by atoms with Crippen molar-refractivity contribution in [2.75, 3.05) is 0 Å². The van der Waals surface area contributed by atoms with E-state index in [9.17, 15) is 0 Å². The normalized spacial score (nSPS) is 12.6. The number of fused-ring (bicyclic) bond motifs is 3. The van der Waals surface area contributed by atoms with Crippen LogP contribution in [0.5, 0.6) is 5.75 Å². The molecule has 0 saturated carbocycles. The zero-order chi connectivity index (χ0) is 10.3. The summed E-state index contributed by atoms with van der Waals surface area (Å²) >= 11 is 5.92.